The van der Waals surface area contributed by atoms with Gasteiger partial charge in [-0.15, -0.1) is 0 Å². The number of alkyl halides is 3. The molecule has 10 heteroatoms. The summed E-state index contributed by atoms with van der Waals surface area (Å²) in [6.45, 7) is 1.58. The van der Waals surface area contributed by atoms with Crippen molar-refractivity contribution in [1.82, 2.24) is 8.75 Å². The van der Waals surface area contributed by atoms with Crippen LogP contribution in [0.3, 0.4) is 0 Å². The number of benzene rings is 2. The summed E-state index contributed by atoms with van der Waals surface area (Å²) in [6.07, 6.45) is -4.56. The molecule has 0 unspecified atom stereocenters. The van der Waals surface area contributed by atoms with E-state index in [0.29, 0.717) is 11.1 Å². The van der Waals surface area contributed by atoms with Gasteiger partial charge < -0.3 is 0 Å². The number of hydrogen-bond donors (Lipinski definition) is 1. The van der Waals surface area contributed by atoms with Gasteiger partial charge in [-0.2, -0.15) is 21.9 Å². The Morgan fingerprint density at radius 1 is 1.12 bits per heavy atom. The van der Waals surface area contributed by atoms with Crippen molar-refractivity contribution < 1.29 is 21.6 Å². The number of rotatable bonds is 3. The van der Waals surface area contributed by atoms with Gasteiger partial charge in [-0.25, -0.2) is 8.42 Å². The van der Waals surface area contributed by atoms with Crippen LogP contribution in [0.2, 0.25) is 0 Å². The lowest BCUT2D eigenvalue weighted by atomic mass is 10.2. The molecule has 1 N–H and O–H groups in total. The maximum absolute atomic E-state index is 12.8. The van der Waals surface area contributed by atoms with E-state index in [1.165, 1.54) is 6.07 Å². The smallest absolute Gasteiger partial charge is 0.280 e. The lowest BCUT2D eigenvalue weighted by Gasteiger charge is -2.12. The third-order valence-corrected chi connectivity index (χ3v) is 5.39. The third-order valence-electron chi connectivity index (χ3n) is 3.29. The molecule has 0 radical (unpaired) electrons. The molecule has 5 nitrogen and oxygen atoms in total. The number of aryl methyl sites for hydroxylation is 1. The Balaban J connectivity index is 2.06. The van der Waals surface area contributed by atoms with Crippen molar-refractivity contribution in [3.63, 3.8) is 0 Å². The monoisotopic (exact) mass is 373 g/mol. The molecule has 0 amide bonds. The summed E-state index contributed by atoms with van der Waals surface area (Å²) < 4.78 is 73.7. The number of aromatic nitrogens is 2. The van der Waals surface area contributed by atoms with Crippen molar-refractivity contribution in [2.24, 2.45) is 0 Å². The molecule has 3 aromatic rings. The van der Waals surface area contributed by atoms with E-state index in [4.69, 9.17) is 0 Å². The fraction of sp³-hybridized carbons (Fsp3) is 0.143. The van der Waals surface area contributed by atoms with E-state index in [1.807, 2.05) is 0 Å². The molecule has 0 spiro atoms. The fourth-order valence-corrected chi connectivity index (χ4v) is 4.27. The van der Waals surface area contributed by atoms with Crippen LogP contribution in [0.4, 0.5) is 18.9 Å². The van der Waals surface area contributed by atoms with Gasteiger partial charge in [0.05, 0.1) is 17.3 Å². The first kappa shape index (κ1) is 16.7. The van der Waals surface area contributed by atoms with Crippen molar-refractivity contribution >= 4 is 38.5 Å². The van der Waals surface area contributed by atoms with Gasteiger partial charge in [-0.3, -0.25) is 4.72 Å². The highest BCUT2D eigenvalue weighted by Crippen LogP contribution is 2.32. The Labute approximate surface area is 139 Å². The zero-order valence-corrected chi connectivity index (χ0v) is 13.8. The highest BCUT2D eigenvalue weighted by atomic mass is 32.2. The fourth-order valence-electron chi connectivity index (χ4n) is 2.23. The molecule has 0 aliphatic rings. The van der Waals surface area contributed by atoms with Crippen LogP contribution in [-0.4, -0.2) is 17.2 Å². The summed E-state index contributed by atoms with van der Waals surface area (Å²) >= 11 is 0.863. The summed E-state index contributed by atoms with van der Waals surface area (Å²) in [5, 5.41) is 0. The van der Waals surface area contributed by atoms with Gasteiger partial charge in [-0.05, 0) is 36.8 Å². The number of sulfonamides is 1. The Morgan fingerprint density at radius 3 is 2.58 bits per heavy atom. The molecule has 0 atom stereocenters. The third kappa shape index (κ3) is 3.06. The van der Waals surface area contributed by atoms with E-state index >= 15 is 0 Å². The number of fused-ring (bicyclic) bond motifs is 1. The predicted molar refractivity (Wildman–Crippen MR) is 84.4 cm³/mol. The largest absolute Gasteiger partial charge is 0.416 e. The average molecular weight is 373 g/mol. The Morgan fingerprint density at radius 2 is 1.88 bits per heavy atom. The quantitative estimate of drug-likeness (QED) is 0.758. The standard InChI is InChI=1S/C14H10F3N3O2S2/c1-8-5-6-11-12(19-23-18-11)13(8)24(21,22)20-10-4-2-3-9(7-10)14(15,16)17/h2-7,20H,1H3. The van der Waals surface area contributed by atoms with E-state index < -0.39 is 21.8 Å². The summed E-state index contributed by atoms with van der Waals surface area (Å²) in [7, 11) is -4.12. The number of hydrogen-bond acceptors (Lipinski definition) is 5. The van der Waals surface area contributed by atoms with Crippen LogP contribution in [0.25, 0.3) is 11.0 Å². The van der Waals surface area contributed by atoms with Crippen LogP contribution in [0, 0.1) is 6.92 Å². The second kappa shape index (κ2) is 5.71. The van der Waals surface area contributed by atoms with Gasteiger partial charge in [0.2, 0.25) is 0 Å². The highest BCUT2D eigenvalue weighted by Gasteiger charge is 2.31. The van der Waals surface area contributed by atoms with Crippen LogP contribution in [0.1, 0.15) is 11.1 Å². The topological polar surface area (TPSA) is 72.0 Å². The van der Waals surface area contributed by atoms with Crippen LogP contribution in [0.15, 0.2) is 41.3 Å². The minimum atomic E-state index is -4.56. The summed E-state index contributed by atoms with van der Waals surface area (Å²) in [5.74, 6) is 0. The molecule has 2 aromatic carbocycles. The first-order valence-corrected chi connectivity index (χ1v) is 8.82. The molecule has 0 saturated heterocycles. The van der Waals surface area contributed by atoms with Crippen molar-refractivity contribution in [3.05, 3.63) is 47.5 Å². The molecule has 1 heterocycles. The molecular formula is C14H10F3N3O2S2. The Kier molecular flexibility index (Phi) is 3.96. The maximum Gasteiger partial charge on any atom is 0.416 e. The number of halogens is 3. The van der Waals surface area contributed by atoms with Gasteiger partial charge in [0, 0.05) is 5.69 Å². The average Bonchev–Trinajstić information content (AvgIpc) is 2.93. The molecule has 0 bridgehead atoms. The van der Waals surface area contributed by atoms with Crippen LogP contribution < -0.4 is 4.72 Å². The zero-order valence-electron chi connectivity index (χ0n) is 12.1. The van der Waals surface area contributed by atoms with Gasteiger partial charge >= 0.3 is 6.18 Å². The second-order valence-electron chi connectivity index (χ2n) is 5.03. The van der Waals surface area contributed by atoms with E-state index in [2.05, 4.69) is 13.5 Å². The van der Waals surface area contributed by atoms with Gasteiger partial charge in [0.25, 0.3) is 10.0 Å². The van der Waals surface area contributed by atoms with Crippen molar-refractivity contribution in [2.75, 3.05) is 4.72 Å². The van der Waals surface area contributed by atoms with Crippen molar-refractivity contribution in [1.29, 1.82) is 0 Å². The van der Waals surface area contributed by atoms with Crippen LogP contribution in [0.5, 0.6) is 0 Å². The highest BCUT2D eigenvalue weighted by molar-refractivity contribution is 7.93. The van der Waals surface area contributed by atoms with Crippen molar-refractivity contribution in [2.45, 2.75) is 18.0 Å². The number of nitrogens with one attached hydrogen (secondary N) is 1. The van der Waals surface area contributed by atoms with E-state index in [0.717, 1.165) is 29.9 Å². The van der Waals surface area contributed by atoms with Gasteiger partial charge in [-0.1, -0.05) is 12.1 Å². The maximum atomic E-state index is 12.8. The SMILES string of the molecule is Cc1ccc2nsnc2c1S(=O)(=O)Nc1cccc(C(F)(F)F)c1. The van der Waals surface area contributed by atoms with Gasteiger partial charge in [0.15, 0.2) is 0 Å². The van der Waals surface area contributed by atoms with E-state index in [9.17, 15) is 21.6 Å². The molecular weight excluding hydrogens is 363 g/mol. The van der Waals surface area contributed by atoms with E-state index in [1.54, 1.807) is 19.1 Å². The number of anilines is 1. The molecule has 0 aliphatic heterocycles. The number of nitrogens with zero attached hydrogens (tertiary/aromatic N) is 2. The molecule has 126 valence electrons. The Bertz CT molecular complexity index is 1010. The summed E-state index contributed by atoms with van der Waals surface area (Å²) in [6, 6.07) is 7.21. The van der Waals surface area contributed by atoms with Gasteiger partial charge in [0.1, 0.15) is 15.9 Å². The summed E-state index contributed by atoms with van der Waals surface area (Å²) in [5.41, 5.74) is -0.0819. The molecule has 24 heavy (non-hydrogen) atoms. The van der Waals surface area contributed by atoms with Crippen LogP contribution >= 0.6 is 11.7 Å². The Hall–Kier alpha value is -2.20. The predicted octanol–water partition coefficient (Wildman–Crippen LogP) is 3.82. The second-order valence-corrected chi connectivity index (χ2v) is 7.18. The molecule has 0 saturated carbocycles. The molecule has 1 aromatic heterocycles. The van der Waals surface area contributed by atoms with Crippen LogP contribution in [-0.2, 0) is 16.2 Å². The molecule has 3 rings (SSSR count). The first-order valence-electron chi connectivity index (χ1n) is 6.60. The lowest BCUT2D eigenvalue weighted by molar-refractivity contribution is -0.137. The molecule has 0 aliphatic carbocycles. The lowest BCUT2D eigenvalue weighted by Crippen LogP contribution is -2.15. The minimum Gasteiger partial charge on any atom is -0.280 e. The summed E-state index contributed by atoms with van der Waals surface area (Å²) in [4.78, 5) is -0.0915. The zero-order chi connectivity index (χ0) is 17.5. The van der Waals surface area contributed by atoms with E-state index in [-0.39, 0.29) is 16.1 Å². The molecule has 0 fully saturated rings. The minimum absolute atomic E-state index is 0.0915. The first-order chi connectivity index (χ1) is 11.2. The van der Waals surface area contributed by atoms with Crippen molar-refractivity contribution in [3.8, 4) is 0 Å². The normalized spacial score (nSPS) is 12.5.